The molecule has 0 spiro atoms. The first-order valence-electron chi connectivity index (χ1n) is 2.69. The Hall–Kier alpha value is -0.0200. The van der Waals surface area contributed by atoms with Gasteiger partial charge in [0.05, 0.1) is 0 Å². The molecule has 8 heteroatoms. The maximum Gasteiger partial charge on any atom is 0.299 e. The fraction of sp³-hybridized carbons (Fsp3) is 0. The number of nitrogen functional groups attached to an aromatic ring is 1. The molecule has 0 saturated heterocycles. The Labute approximate surface area is 83.0 Å². The maximum absolute atomic E-state index is 11.0. The highest BCUT2D eigenvalue weighted by atomic mass is 35.9. The van der Waals surface area contributed by atoms with Crippen molar-refractivity contribution >= 4 is 51.3 Å². The van der Waals surface area contributed by atoms with Crippen LogP contribution in [-0.4, -0.2) is 9.97 Å². The zero-order chi connectivity index (χ0) is 9.35. The number of aromatic nitrogens is 2. The van der Waals surface area contributed by atoms with Crippen LogP contribution in [0, 0.1) is 0 Å². The summed E-state index contributed by atoms with van der Waals surface area (Å²) in [5.41, 5.74) is 5.16. The average Bonchev–Trinajstić information content (AvgIpc) is 1.82. The summed E-state index contributed by atoms with van der Waals surface area (Å²) in [6.45, 7) is 0. The summed E-state index contributed by atoms with van der Waals surface area (Å²) in [5, 5.41) is 0.0547. The molecular formula is C4H3Cl3N3OP. The van der Waals surface area contributed by atoms with Crippen LogP contribution < -0.4 is 11.2 Å². The highest BCUT2D eigenvalue weighted by molar-refractivity contribution is 8.13. The van der Waals surface area contributed by atoms with Gasteiger partial charge in [-0.15, -0.1) is 0 Å². The molecule has 0 amide bonds. The average molecular weight is 246 g/mol. The van der Waals surface area contributed by atoms with Gasteiger partial charge in [-0.3, -0.25) is 4.57 Å². The van der Waals surface area contributed by atoms with Crippen molar-refractivity contribution in [3.63, 3.8) is 0 Å². The molecule has 0 unspecified atom stereocenters. The van der Waals surface area contributed by atoms with Gasteiger partial charge in [0.25, 0.3) is 5.85 Å². The Morgan fingerprint density at radius 2 is 2.00 bits per heavy atom. The lowest BCUT2D eigenvalue weighted by Crippen LogP contribution is -2.09. The zero-order valence-electron chi connectivity index (χ0n) is 5.54. The van der Waals surface area contributed by atoms with Crippen molar-refractivity contribution in [1.29, 1.82) is 0 Å². The van der Waals surface area contributed by atoms with Crippen molar-refractivity contribution in [3.8, 4) is 0 Å². The van der Waals surface area contributed by atoms with Crippen molar-refractivity contribution in [2.75, 3.05) is 5.73 Å². The van der Waals surface area contributed by atoms with Gasteiger partial charge in [-0.2, -0.15) is 0 Å². The minimum atomic E-state index is -3.44. The summed E-state index contributed by atoms with van der Waals surface area (Å²) >= 11 is 16.1. The van der Waals surface area contributed by atoms with Crippen molar-refractivity contribution in [1.82, 2.24) is 9.97 Å². The Morgan fingerprint density at radius 3 is 2.42 bits per heavy atom. The summed E-state index contributed by atoms with van der Waals surface area (Å²) in [4.78, 5) is 7.10. The van der Waals surface area contributed by atoms with Crippen LogP contribution in [0.3, 0.4) is 0 Å². The van der Waals surface area contributed by atoms with Gasteiger partial charge in [0.1, 0.15) is 10.6 Å². The summed E-state index contributed by atoms with van der Waals surface area (Å²) < 4.78 is 11.0. The molecule has 0 aliphatic heterocycles. The molecular weight excluding hydrogens is 243 g/mol. The molecule has 12 heavy (non-hydrogen) atoms. The van der Waals surface area contributed by atoms with Crippen LogP contribution in [0.25, 0.3) is 0 Å². The van der Waals surface area contributed by atoms with Gasteiger partial charge in [-0.25, -0.2) is 9.97 Å². The van der Waals surface area contributed by atoms with Crippen LogP contribution in [0.5, 0.6) is 0 Å². The van der Waals surface area contributed by atoms with Gasteiger partial charge in [0.15, 0.2) is 0 Å². The van der Waals surface area contributed by atoms with Crippen molar-refractivity contribution in [3.05, 3.63) is 11.2 Å². The number of anilines is 1. The number of rotatable bonds is 1. The lowest BCUT2D eigenvalue weighted by Gasteiger charge is -2.01. The van der Waals surface area contributed by atoms with Crippen LogP contribution in [0.1, 0.15) is 0 Å². The van der Waals surface area contributed by atoms with Gasteiger partial charge in [0, 0.05) is 6.07 Å². The van der Waals surface area contributed by atoms with Crippen molar-refractivity contribution in [2.45, 2.75) is 0 Å². The molecule has 1 heterocycles. The number of nitrogens with zero attached hydrogens (tertiary/aromatic N) is 2. The van der Waals surface area contributed by atoms with Gasteiger partial charge < -0.3 is 5.73 Å². The number of nitrogens with two attached hydrogens (primary N) is 1. The van der Waals surface area contributed by atoms with E-state index in [-0.39, 0.29) is 16.5 Å². The molecule has 4 nitrogen and oxygen atoms in total. The summed E-state index contributed by atoms with van der Waals surface area (Å²) in [5.74, 6) is -3.56. The molecule has 0 radical (unpaired) electrons. The highest BCUT2D eigenvalue weighted by Gasteiger charge is 2.20. The second-order valence-electron chi connectivity index (χ2n) is 1.87. The Kier molecular flexibility index (Phi) is 2.84. The third-order valence-corrected chi connectivity index (χ3v) is 2.96. The quantitative estimate of drug-likeness (QED) is 0.608. The second-order valence-corrected chi connectivity index (χ2v) is 7.01. The van der Waals surface area contributed by atoms with Crippen LogP contribution >= 0.6 is 39.9 Å². The molecule has 2 N–H and O–H groups in total. The molecule has 0 aromatic carbocycles. The maximum atomic E-state index is 11.0. The summed E-state index contributed by atoms with van der Waals surface area (Å²) in [7, 11) is 0. The molecule has 0 fully saturated rings. The van der Waals surface area contributed by atoms with E-state index >= 15 is 0 Å². The Morgan fingerprint density at radius 1 is 1.42 bits per heavy atom. The first kappa shape index (κ1) is 10.1. The van der Waals surface area contributed by atoms with Gasteiger partial charge in [-0.1, -0.05) is 11.6 Å². The smallest absolute Gasteiger partial charge is 0.299 e. The lowest BCUT2D eigenvalue weighted by molar-refractivity contribution is 0.597. The predicted octanol–water partition coefficient (Wildman–Crippen LogP) is 2.01. The van der Waals surface area contributed by atoms with Crippen LogP contribution in [-0.2, 0) is 4.57 Å². The minimum absolute atomic E-state index is 0.0525. The number of hydrogen-bond acceptors (Lipinski definition) is 4. The zero-order valence-corrected chi connectivity index (χ0v) is 8.70. The molecule has 1 aromatic rings. The molecule has 66 valence electrons. The van der Waals surface area contributed by atoms with E-state index in [2.05, 4.69) is 9.97 Å². The molecule has 0 bridgehead atoms. The monoisotopic (exact) mass is 245 g/mol. The molecule has 0 aliphatic rings. The third kappa shape index (κ3) is 2.49. The SMILES string of the molecule is Nc1nc(Cl)cc(P(=O)(Cl)Cl)n1. The Bertz CT molecular complexity index is 331. The molecule has 0 saturated carbocycles. The van der Waals surface area contributed by atoms with E-state index in [1.807, 2.05) is 0 Å². The highest BCUT2D eigenvalue weighted by Crippen LogP contribution is 2.54. The minimum Gasteiger partial charge on any atom is -0.368 e. The molecule has 0 aliphatic carbocycles. The Balaban J connectivity index is 3.27. The number of halogens is 3. The number of hydrogen-bond donors (Lipinski definition) is 1. The topological polar surface area (TPSA) is 68.9 Å². The standard InChI is InChI=1S/C4H3Cl3N3OP/c5-2-1-3(12(6,7)11)10-4(8)9-2/h1H,(H2,8,9,10). The first-order chi connectivity index (χ1) is 5.39. The first-order valence-corrected chi connectivity index (χ1v) is 6.59. The van der Waals surface area contributed by atoms with Crippen molar-refractivity contribution in [2.24, 2.45) is 0 Å². The predicted molar refractivity (Wildman–Crippen MR) is 50.4 cm³/mol. The van der Waals surface area contributed by atoms with E-state index in [1.165, 1.54) is 6.07 Å². The fourth-order valence-corrected chi connectivity index (χ4v) is 1.83. The molecule has 0 atom stereocenters. The molecule has 1 rings (SSSR count). The van der Waals surface area contributed by atoms with Crippen LogP contribution in [0.2, 0.25) is 5.15 Å². The summed E-state index contributed by atoms with van der Waals surface area (Å²) in [6.07, 6.45) is 0. The largest absolute Gasteiger partial charge is 0.368 e. The van der Waals surface area contributed by atoms with E-state index in [0.717, 1.165) is 0 Å². The molecule has 1 aromatic heterocycles. The van der Waals surface area contributed by atoms with E-state index in [9.17, 15) is 4.57 Å². The van der Waals surface area contributed by atoms with Crippen LogP contribution in [0.15, 0.2) is 6.07 Å². The summed E-state index contributed by atoms with van der Waals surface area (Å²) in [6, 6.07) is 1.21. The van der Waals surface area contributed by atoms with E-state index in [0.29, 0.717) is 0 Å². The van der Waals surface area contributed by atoms with Gasteiger partial charge in [0.2, 0.25) is 5.95 Å². The van der Waals surface area contributed by atoms with E-state index in [4.69, 9.17) is 39.8 Å². The van der Waals surface area contributed by atoms with Gasteiger partial charge >= 0.3 is 0 Å². The van der Waals surface area contributed by atoms with E-state index < -0.39 is 5.85 Å². The normalized spacial score (nSPS) is 11.6. The van der Waals surface area contributed by atoms with E-state index in [1.54, 1.807) is 0 Å². The van der Waals surface area contributed by atoms with Crippen LogP contribution in [0.4, 0.5) is 5.95 Å². The van der Waals surface area contributed by atoms with Gasteiger partial charge in [-0.05, 0) is 22.5 Å². The van der Waals surface area contributed by atoms with Crippen molar-refractivity contribution < 1.29 is 4.57 Å². The third-order valence-electron chi connectivity index (χ3n) is 0.965. The fourth-order valence-electron chi connectivity index (χ4n) is 0.556. The second kappa shape index (κ2) is 3.38. The lowest BCUT2D eigenvalue weighted by atomic mass is 10.7.